The van der Waals surface area contributed by atoms with Gasteiger partial charge in [0.05, 0.1) is 10.6 Å². The van der Waals surface area contributed by atoms with E-state index in [9.17, 15) is 4.79 Å². The number of nitrogens with zero attached hydrogens (tertiary/aromatic N) is 1. The van der Waals surface area contributed by atoms with Crippen LogP contribution < -0.4 is 11.1 Å². The first kappa shape index (κ1) is 16.2. The van der Waals surface area contributed by atoms with Crippen molar-refractivity contribution in [3.8, 4) is 9.88 Å². The van der Waals surface area contributed by atoms with Crippen LogP contribution in [0.2, 0.25) is 0 Å². The van der Waals surface area contributed by atoms with Crippen molar-refractivity contribution in [2.45, 2.75) is 51.1 Å². The molecule has 128 valence electrons. The van der Waals surface area contributed by atoms with Crippen LogP contribution in [0.4, 0.5) is 0 Å². The van der Waals surface area contributed by atoms with E-state index < -0.39 is 0 Å². The zero-order chi connectivity index (χ0) is 16.7. The van der Waals surface area contributed by atoms with Crippen LogP contribution in [0, 0.1) is 18.8 Å². The van der Waals surface area contributed by atoms with Gasteiger partial charge in [-0.1, -0.05) is 12.5 Å². The minimum Gasteiger partial charge on any atom is -0.348 e. The maximum absolute atomic E-state index is 12.9. The molecule has 1 amide bonds. The third-order valence-electron chi connectivity index (χ3n) is 5.41. The molecule has 2 aliphatic rings. The number of hydrogen-bond acceptors (Lipinski definition) is 5. The topological polar surface area (TPSA) is 68.0 Å². The molecule has 24 heavy (non-hydrogen) atoms. The predicted octanol–water partition coefficient (Wildman–Crippen LogP) is 3.82. The number of aryl methyl sites for hydroxylation is 1. The van der Waals surface area contributed by atoms with Gasteiger partial charge in [0.15, 0.2) is 0 Å². The van der Waals surface area contributed by atoms with Gasteiger partial charge in [0.1, 0.15) is 9.88 Å². The van der Waals surface area contributed by atoms with Gasteiger partial charge >= 0.3 is 0 Å². The first-order valence-electron chi connectivity index (χ1n) is 8.69. The zero-order valence-electron chi connectivity index (χ0n) is 13.8. The lowest BCUT2D eigenvalue weighted by Crippen LogP contribution is -2.53. The number of rotatable bonds is 3. The summed E-state index contributed by atoms with van der Waals surface area (Å²) in [7, 11) is 0. The van der Waals surface area contributed by atoms with Gasteiger partial charge in [-0.3, -0.25) is 4.79 Å². The lowest BCUT2D eigenvalue weighted by atomic mass is 9.67. The number of thiazole rings is 1. The number of hydrogen-bond donors (Lipinski definition) is 2. The van der Waals surface area contributed by atoms with Gasteiger partial charge in [0.25, 0.3) is 5.91 Å². The Bertz CT molecular complexity index is 711. The maximum atomic E-state index is 12.9. The molecule has 6 heteroatoms. The Morgan fingerprint density at radius 3 is 2.75 bits per heavy atom. The molecule has 2 atom stereocenters. The van der Waals surface area contributed by atoms with Crippen LogP contribution in [-0.2, 0) is 0 Å². The second-order valence-electron chi connectivity index (χ2n) is 7.09. The van der Waals surface area contributed by atoms with Gasteiger partial charge in [-0.05, 0) is 55.9 Å². The van der Waals surface area contributed by atoms with E-state index in [0.717, 1.165) is 33.3 Å². The number of fused-ring (bicyclic) bond motifs is 2. The van der Waals surface area contributed by atoms with Gasteiger partial charge in [-0.25, -0.2) is 4.98 Å². The summed E-state index contributed by atoms with van der Waals surface area (Å²) < 4.78 is 0. The van der Waals surface area contributed by atoms with Gasteiger partial charge in [-0.2, -0.15) is 0 Å². The maximum Gasteiger partial charge on any atom is 0.263 e. The summed E-state index contributed by atoms with van der Waals surface area (Å²) >= 11 is 3.17. The van der Waals surface area contributed by atoms with Crippen LogP contribution >= 0.6 is 22.7 Å². The molecule has 2 aliphatic carbocycles. The molecule has 2 aromatic heterocycles. The lowest BCUT2D eigenvalue weighted by Gasteiger charge is -2.45. The molecule has 0 saturated heterocycles. The van der Waals surface area contributed by atoms with Crippen molar-refractivity contribution in [1.29, 1.82) is 0 Å². The Morgan fingerprint density at radius 1 is 1.33 bits per heavy atom. The summed E-state index contributed by atoms with van der Waals surface area (Å²) in [6, 6.07) is 4.67. The van der Waals surface area contributed by atoms with E-state index in [-0.39, 0.29) is 11.9 Å². The van der Waals surface area contributed by atoms with Crippen molar-refractivity contribution >= 4 is 28.6 Å². The average Bonchev–Trinajstić information content (AvgIpc) is 3.17. The fourth-order valence-corrected chi connectivity index (χ4v) is 6.12. The van der Waals surface area contributed by atoms with E-state index in [1.165, 1.54) is 30.6 Å². The molecule has 0 radical (unpaired) electrons. The Morgan fingerprint density at radius 2 is 2.08 bits per heavy atom. The fraction of sp³-hybridized carbons (Fsp3) is 0.556. The summed E-state index contributed by atoms with van der Waals surface area (Å²) in [5.41, 5.74) is 7.02. The monoisotopic (exact) mass is 361 g/mol. The highest BCUT2D eigenvalue weighted by molar-refractivity contribution is 7.22. The molecule has 2 unspecified atom stereocenters. The molecule has 0 aliphatic heterocycles. The minimum absolute atomic E-state index is 0.0465. The minimum atomic E-state index is 0.0465. The Kier molecular flexibility index (Phi) is 4.45. The van der Waals surface area contributed by atoms with Crippen molar-refractivity contribution in [3.63, 3.8) is 0 Å². The second-order valence-corrected chi connectivity index (χ2v) is 9.04. The fourth-order valence-electron chi connectivity index (χ4n) is 4.35. The highest BCUT2D eigenvalue weighted by atomic mass is 32.1. The van der Waals surface area contributed by atoms with Crippen molar-refractivity contribution in [2.24, 2.45) is 17.6 Å². The van der Waals surface area contributed by atoms with E-state index in [1.807, 2.05) is 18.4 Å². The largest absolute Gasteiger partial charge is 0.348 e. The van der Waals surface area contributed by atoms with Crippen LogP contribution in [0.1, 0.15) is 47.5 Å². The molecular weight excluding hydrogens is 338 g/mol. The van der Waals surface area contributed by atoms with Crippen LogP contribution in [0.3, 0.4) is 0 Å². The van der Waals surface area contributed by atoms with Gasteiger partial charge in [0, 0.05) is 12.1 Å². The van der Waals surface area contributed by atoms with Gasteiger partial charge in [0.2, 0.25) is 0 Å². The quantitative estimate of drug-likeness (QED) is 0.873. The molecule has 0 spiro atoms. The van der Waals surface area contributed by atoms with Crippen molar-refractivity contribution < 1.29 is 4.79 Å². The van der Waals surface area contributed by atoms with Crippen LogP contribution in [-0.4, -0.2) is 23.0 Å². The molecule has 2 aromatic rings. The highest BCUT2D eigenvalue weighted by Gasteiger charge is 2.40. The molecule has 2 saturated carbocycles. The van der Waals surface area contributed by atoms with E-state index >= 15 is 0 Å². The zero-order valence-corrected chi connectivity index (χ0v) is 15.5. The van der Waals surface area contributed by atoms with Crippen molar-refractivity contribution in [2.75, 3.05) is 0 Å². The summed E-state index contributed by atoms with van der Waals surface area (Å²) in [6.07, 6.45) is 5.75. The average molecular weight is 362 g/mol. The second kappa shape index (κ2) is 6.58. The molecule has 0 aromatic carbocycles. The van der Waals surface area contributed by atoms with E-state index in [1.54, 1.807) is 11.3 Å². The first-order chi connectivity index (χ1) is 11.6. The Balaban J connectivity index is 1.52. The van der Waals surface area contributed by atoms with Crippen molar-refractivity contribution in [3.05, 3.63) is 28.1 Å². The summed E-state index contributed by atoms with van der Waals surface area (Å²) in [5, 5.41) is 6.32. The molecule has 4 nitrogen and oxygen atoms in total. The van der Waals surface area contributed by atoms with Crippen LogP contribution in [0.15, 0.2) is 17.5 Å². The van der Waals surface area contributed by atoms with Crippen LogP contribution in [0.25, 0.3) is 9.88 Å². The predicted molar refractivity (Wildman–Crippen MR) is 99.5 cm³/mol. The van der Waals surface area contributed by atoms with Gasteiger partial charge < -0.3 is 11.1 Å². The normalized spacial score (nSPS) is 29.4. The first-order valence-corrected chi connectivity index (χ1v) is 10.4. The smallest absolute Gasteiger partial charge is 0.263 e. The van der Waals surface area contributed by atoms with E-state index in [0.29, 0.717) is 17.9 Å². The molecule has 3 N–H and O–H groups in total. The summed E-state index contributed by atoms with van der Waals surface area (Å²) in [4.78, 5) is 19.3. The van der Waals surface area contributed by atoms with Crippen LogP contribution in [0.5, 0.6) is 0 Å². The number of carbonyl (C=O) groups excluding carboxylic acids is 1. The van der Waals surface area contributed by atoms with Gasteiger partial charge in [-0.15, -0.1) is 22.7 Å². The lowest BCUT2D eigenvalue weighted by molar-refractivity contribution is 0.0759. The molecule has 2 fully saturated rings. The third-order valence-corrected chi connectivity index (χ3v) is 7.60. The Labute approximate surface area is 150 Å². The number of nitrogens with one attached hydrogen (secondary N) is 1. The van der Waals surface area contributed by atoms with E-state index in [4.69, 9.17) is 5.73 Å². The molecule has 2 heterocycles. The number of carbonyl (C=O) groups is 1. The van der Waals surface area contributed by atoms with E-state index in [2.05, 4.69) is 16.4 Å². The highest BCUT2D eigenvalue weighted by Crippen LogP contribution is 2.40. The summed E-state index contributed by atoms with van der Waals surface area (Å²) in [6.45, 7) is 1.93. The number of aromatic nitrogens is 1. The standard InChI is InChI=1S/C18H23N3OS2/c1-10-16(24-18(20-10)14-6-3-7-23-14)17(22)21-15-11-4-2-5-12(15)9-13(19)8-11/h3,6-7,11-13,15H,2,4-5,8-9,19H2,1H3,(H,21,22). The Hall–Kier alpha value is -1.24. The molecule has 2 bridgehead atoms. The summed E-state index contributed by atoms with van der Waals surface area (Å²) in [5.74, 6) is 1.13. The molecule has 4 rings (SSSR count). The number of amides is 1. The SMILES string of the molecule is Cc1nc(-c2cccs2)sc1C(=O)NC1C2CCCC1CC(N)C2. The molecular formula is C18H23N3OS2. The number of nitrogens with two attached hydrogens (primary N) is 1. The third kappa shape index (κ3) is 3.03. The number of thiophene rings is 1. The van der Waals surface area contributed by atoms with Crippen molar-refractivity contribution in [1.82, 2.24) is 10.3 Å².